The lowest BCUT2D eigenvalue weighted by Gasteiger charge is -2.18. The van der Waals surface area contributed by atoms with Crippen LogP contribution in [0.1, 0.15) is 201 Å². The van der Waals surface area contributed by atoms with Crippen LogP contribution in [-0.2, 0) is 23.8 Å². The Bertz CT molecular complexity index is 1210. The second-order valence-corrected chi connectivity index (χ2v) is 15.6. The zero-order valence-electron chi connectivity index (χ0n) is 38.9. The van der Waals surface area contributed by atoms with Crippen molar-refractivity contribution in [2.75, 3.05) is 19.8 Å². The van der Waals surface area contributed by atoms with Crippen LogP contribution < -0.4 is 0 Å². The molecule has 340 valence electrons. The molecule has 0 bridgehead atoms. The van der Waals surface area contributed by atoms with Gasteiger partial charge in [-0.15, -0.1) is 0 Å². The Morgan fingerprint density at radius 2 is 0.783 bits per heavy atom. The van der Waals surface area contributed by atoms with Gasteiger partial charge in [0.1, 0.15) is 6.61 Å². The summed E-state index contributed by atoms with van der Waals surface area (Å²) in [6.07, 6.45) is 68.2. The molecule has 1 atom stereocenters. The quantitative estimate of drug-likeness (QED) is 0.0348. The van der Waals surface area contributed by atoms with E-state index in [-0.39, 0.29) is 31.6 Å². The van der Waals surface area contributed by atoms with Crippen molar-refractivity contribution in [1.29, 1.82) is 0 Å². The summed E-state index contributed by atoms with van der Waals surface area (Å²) in [5.74, 6) is -0.518. The van der Waals surface area contributed by atoms with Gasteiger partial charge in [0.2, 0.25) is 0 Å². The van der Waals surface area contributed by atoms with E-state index in [1.54, 1.807) is 0 Å². The van der Waals surface area contributed by atoms with Crippen LogP contribution in [0.15, 0.2) is 109 Å². The third-order valence-corrected chi connectivity index (χ3v) is 9.79. The summed E-state index contributed by atoms with van der Waals surface area (Å²) in [5, 5.41) is 0. The first-order valence-electron chi connectivity index (χ1n) is 24.4. The van der Waals surface area contributed by atoms with E-state index in [4.69, 9.17) is 14.2 Å². The summed E-state index contributed by atoms with van der Waals surface area (Å²) < 4.78 is 17.3. The van der Waals surface area contributed by atoms with Crippen molar-refractivity contribution >= 4 is 11.9 Å². The molecule has 0 aliphatic heterocycles. The maximum absolute atomic E-state index is 12.7. The van der Waals surface area contributed by atoms with Crippen molar-refractivity contribution < 1.29 is 23.8 Å². The van der Waals surface area contributed by atoms with Crippen LogP contribution in [0.25, 0.3) is 0 Å². The van der Waals surface area contributed by atoms with Gasteiger partial charge in [0, 0.05) is 19.4 Å². The van der Waals surface area contributed by atoms with Crippen LogP contribution in [0.2, 0.25) is 0 Å². The molecule has 0 fully saturated rings. The Balaban J connectivity index is 4.37. The second kappa shape index (κ2) is 49.9. The van der Waals surface area contributed by atoms with Crippen LogP contribution >= 0.6 is 0 Å². The predicted molar refractivity (Wildman–Crippen MR) is 260 cm³/mol. The zero-order valence-corrected chi connectivity index (χ0v) is 38.9. The number of carbonyl (C=O) groups is 2. The fraction of sp³-hybridized carbons (Fsp3) is 0.636. The summed E-state index contributed by atoms with van der Waals surface area (Å²) in [5.41, 5.74) is 0. The third-order valence-electron chi connectivity index (χ3n) is 9.79. The SMILES string of the molecule is CC/C=C\C/C=C\C/C=C\C/C=C\CCCCCCCCC(=O)OCC(COCCCCCCCC/C=C\CCCC)OC(=O)CC/C=C\C/C=C\C/C=C\C/C=C\CC. The van der Waals surface area contributed by atoms with Gasteiger partial charge in [0.15, 0.2) is 6.10 Å². The van der Waals surface area contributed by atoms with Crippen molar-refractivity contribution in [2.45, 2.75) is 207 Å². The Kier molecular flexibility index (Phi) is 47.1. The molecule has 5 heteroatoms. The van der Waals surface area contributed by atoms with E-state index < -0.39 is 6.10 Å². The summed E-state index contributed by atoms with van der Waals surface area (Å²) in [4.78, 5) is 25.3. The van der Waals surface area contributed by atoms with E-state index in [0.29, 0.717) is 19.4 Å². The summed E-state index contributed by atoms with van der Waals surface area (Å²) in [6, 6.07) is 0. The van der Waals surface area contributed by atoms with E-state index in [1.807, 2.05) is 6.08 Å². The number of hydrogen-bond donors (Lipinski definition) is 0. The van der Waals surface area contributed by atoms with Gasteiger partial charge in [-0.25, -0.2) is 0 Å². The number of esters is 2. The summed E-state index contributed by atoms with van der Waals surface area (Å²) in [7, 11) is 0. The molecule has 0 spiro atoms. The van der Waals surface area contributed by atoms with Gasteiger partial charge in [-0.2, -0.15) is 0 Å². The van der Waals surface area contributed by atoms with Gasteiger partial charge in [-0.05, 0) is 103 Å². The van der Waals surface area contributed by atoms with Crippen LogP contribution in [0.5, 0.6) is 0 Å². The largest absolute Gasteiger partial charge is 0.462 e. The van der Waals surface area contributed by atoms with Gasteiger partial charge in [-0.1, -0.05) is 194 Å². The minimum Gasteiger partial charge on any atom is -0.462 e. The molecule has 0 aromatic rings. The monoisotopic (exact) mass is 831 g/mol. The third kappa shape index (κ3) is 47.2. The normalized spacial score (nSPS) is 13.2. The van der Waals surface area contributed by atoms with Crippen LogP contribution in [0.3, 0.4) is 0 Å². The topological polar surface area (TPSA) is 61.8 Å². The van der Waals surface area contributed by atoms with Crippen molar-refractivity contribution in [3.8, 4) is 0 Å². The first kappa shape index (κ1) is 56.6. The first-order valence-corrected chi connectivity index (χ1v) is 24.4. The van der Waals surface area contributed by atoms with Crippen molar-refractivity contribution in [3.05, 3.63) is 109 Å². The number of ether oxygens (including phenoxy) is 3. The van der Waals surface area contributed by atoms with Crippen molar-refractivity contribution in [1.82, 2.24) is 0 Å². The van der Waals surface area contributed by atoms with Gasteiger partial charge >= 0.3 is 11.9 Å². The molecule has 0 amide bonds. The molecule has 0 aliphatic carbocycles. The molecule has 5 nitrogen and oxygen atoms in total. The van der Waals surface area contributed by atoms with E-state index >= 15 is 0 Å². The van der Waals surface area contributed by atoms with E-state index in [9.17, 15) is 9.59 Å². The van der Waals surface area contributed by atoms with Crippen molar-refractivity contribution in [2.24, 2.45) is 0 Å². The van der Waals surface area contributed by atoms with Crippen LogP contribution in [0.4, 0.5) is 0 Å². The highest BCUT2D eigenvalue weighted by Crippen LogP contribution is 2.12. The first-order chi connectivity index (χ1) is 29.6. The number of unbranched alkanes of at least 4 members (excludes halogenated alkanes) is 14. The highest BCUT2D eigenvalue weighted by atomic mass is 16.6. The Morgan fingerprint density at radius 3 is 1.28 bits per heavy atom. The molecule has 0 radical (unpaired) electrons. The molecule has 0 heterocycles. The lowest BCUT2D eigenvalue weighted by atomic mass is 10.1. The molecular formula is C55H90O5. The molecule has 60 heavy (non-hydrogen) atoms. The molecule has 0 N–H and O–H groups in total. The van der Waals surface area contributed by atoms with E-state index in [0.717, 1.165) is 89.9 Å². The molecule has 0 aromatic heterocycles. The molecule has 0 rings (SSSR count). The molecule has 0 aromatic carbocycles. The number of allylic oxidation sites excluding steroid dienone is 18. The highest BCUT2D eigenvalue weighted by molar-refractivity contribution is 5.70. The maximum atomic E-state index is 12.7. The summed E-state index contributed by atoms with van der Waals surface area (Å²) >= 11 is 0. The predicted octanol–water partition coefficient (Wildman–Crippen LogP) is 16.4. The van der Waals surface area contributed by atoms with Gasteiger partial charge in [0.25, 0.3) is 0 Å². The fourth-order valence-electron chi connectivity index (χ4n) is 6.20. The van der Waals surface area contributed by atoms with Gasteiger partial charge < -0.3 is 14.2 Å². The van der Waals surface area contributed by atoms with Gasteiger partial charge in [-0.3, -0.25) is 9.59 Å². The molecule has 0 saturated carbocycles. The van der Waals surface area contributed by atoms with E-state index in [2.05, 4.69) is 124 Å². The lowest BCUT2D eigenvalue weighted by Crippen LogP contribution is -2.30. The van der Waals surface area contributed by atoms with Crippen LogP contribution in [-0.4, -0.2) is 37.9 Å². The standard InChI is InChI=1S/C55H90O5/c1-4-7-10-13-16-19-22-25-26-27-28-29-30-32-33-36-39-42-45-48-54(56)59-52-53(51-58-50-47-44-41-38-35-24-21-18-15-12-9-6-3)60-55(57)49-46-43-40-37-34-31-23-20-17-14-11-8-5-2/h7-8,10-11,15-20,25-26,28-29,31,34,40,43,53H,4-6,9,12-14,21-24,27,30,32-33,35-39,41-42,44-52H2,1-3H3/b10-7-,11-8-,18-15-,19-16-,20-17-,26-25-,29-28-,34-31-,43-40-. The number of rotatable bonds is 43. The number of carbonyl (C=O) groups excluding carboxylic acids is 2. The smallest absolute Gasteiger partial charge is 0.306 e. The average Bonchev–Trinajstić information content (AvgIpc) is 3.25. The fourth-order valence-corrected chi connectivity index (χ4v) is 6.20. The van der Waals surface area contributed by atoms with Gasteiger partial charge in [0.05, 0.1) is 6.61 Å². The highest BCUT2D eigenvalue weighted by Gasteiger charge is 2.17. The molecular weight excluding hydrogens is 741 g/mol. The Labute approximate surface area is 370 Å². The van der Waals surface area contributed by atoms with E-state index in [1.165, 1.54) is 70.6 Å². The Morgan fingerprint density at radius 1 is 0.383 bits per heavy atom. The summed E-state index contributed by atoms with van der Waals surface area (Å²) in [6.45, 7) is 7.44. The minimum atomic E-state index is -0.588. The molecule has 0 saturated heterocycles. The molecule has 0 aliphatic rings. The number of hydrogen-bond acceptors (Lipinski definition) is 5. The van der Waals surface area contributed by atoms with Crippen LogP contribution in [0, 0.1) is 0 Å². The zero-order chi connectivity index (χ0) is 43.5. The second-order valence-electron chi connectivity index (χ2n) is 15.6. The maximum Gasteiger partial charge on any atom is 0.306 e. The average molecular weight is 831 g/mol. The lowest BCUT2D eigenvalue weighted by molar-refractivity contribution is -0.162. The molecule has 1 unspecified atom stereocenters. The minimum absolute atomic E-state index is 0.0404. The Hall–Kier alpha value is -3.44. The van der Waals surface area contributed by atoms with Crippen molar-refractivity contribution in [3.63, 3.8) is 0 Å².